The fourth-order valence-electron chi connectivity index (χ4n) is 3.60. The van der Waals surface area contributed by atoms with E-state index < -0.39 is 0 Å². The van der Waals surface area contributed by atoms with E-state index in [4.69, 9.17) is 15.3 Å². The topological polar surface area (TPSA) is 89.2 Å². The molecule has 0 spiro atoms. The zero-order valence-electron chi connectivity index (χ0n) is 17.1. The van der Waals surface area contributed by atoms with E-state index in [2.05, 4.69) is 27.5 Å². The van der Waals surface area contributed by atoms with E-state index in [9.17, 15) is 4.79 Å². The molecule has 1 aromatic rings. The summed E-state index contributed by atoms with van der Waals surface area (Å²) in [5.41, 5.74) is 9.43. The molecule has 3 N–H and O–H groups in total. The first-order valence-electron chi connectivity index (χ1n) is 10.5. The van der Waals surface area contributed by atoms with Crippen LogP contribution in [0.15, 0.2) is 41.1 Å². The van der Waals surface area contributed by atoms with Crippen molar-refractivity contribution in [3.63, 3.8) is 0 Å². The van der Waals surface area contributed by atoms with Crippen molar-refractivity contribution in [1.82, 2.24) is 10.2 Å². The number of hydrogen-bond donors (Lipinski definition) is 2. The number of amidine groups is 1. The number of rotatable bonds is 9. The van der Waals surface area contributed by atoms with Crippen LogP contribution >= 0.6 is 0 Å². The molecule has 0 unspecified atom stereocenters. The third-order valence-electron chi connectivity index (χ3n) is 5.24. The maximum absolute atomic E-state index is 11.9. The summed E-state index contributed by atoms with van der Waals surface area (Å²) in [6, 6.07) is 7.93. The molecule has 1 aromatic carbocycles. The molecule has 1 heterocycles. The van der Waals surface area contributed by atoms with Crippen molar-refractivity contribution in [1.29, 1.82) is 0 Å². The van der Waals surface area contributed by atoms with Crippen LogP contribution in [0.3, 0.4) is 0 Å². The van der Waals surface area contributed by atoms with Crippen LogP contribution in [-0.2, 0) is 20.9 Å². The van der Waals surface area contributed by atoms with E-state index in [-0.39, 0.29) is 18.3 Å². The second kappa shape index (κ2) is 11.6. The highest BCUT2D eigenvalue weighted by Crippen LogP contribution is 2.19. The van der Waals surface area contributed by atoms with Gasteiger partial charge in [-0.25, -0.2) is 0 Å². The van der Waals surface area contributed by atoms with Crippen molar-refractivity contribution in [3.8, 4) is 0 Å². The summed E-state index contributed by atoms with van der Waals surface area (Å²) < 4.78 is 5.39. The van der Waals surface area contributed by atoms with Gasteiger partial charge in [0.1, 0.15) is 0 Å². The summed E-state index contributed by atoms with van der Waals surface area (Å²) in [6.07, 6.45) is 8.05. The average Bonchev–Trinajstić information content (AvgIpc) is 2.75. The predicted molar refractivity (Wildman–Crippen MR) is 113 cm³/mol. The van der Waals surface area contributed by atoms with E-state index in [1.165, 1.54) is 18.4 Å². The number of morpholine rings is 1. The summed E-state index contributed by atoms with van der Waals surface area (Å²) in [6.45, 7) is 4.77. The van der Waals surface area contributed by atoms with Gasteiger partial charge in [0.25, 0.3) is 5.91 Å². The monoisotopic (exact) mass is 400 g/mol. The number of oxime groups is 1. The van der Waals surface area contributed by atoms with Crippen molar-refractivity contribution in [3.05, 3.63) is 47.0 Å². The minimum atomic E-state index is -0.181. The smallest absolute Gasteiger partial charge is 0.260 e. The molecular formula is C22H32N4O3. The molecule has 1 aliphatic carbocycles. The summed E-state index contributed by atoms with van der Waals surface area (Å²) in [7, 11) is 0. The van der Waals surface area contributed by atoms with Crippen LogP contribution in [-0.4, -0.2) is 56.1 Å². The van der Waals surface area contributed by atoms with Crippen LogP contribution in [0.5, 0.6) is 0 Å². The Balaban J connectivity index is 1.40. The Bertz CT molecular complexity index is 727. The van der Waals surface area contributed by atoms with Gasteiger partial charge in [0.15, 0.2) is 12.4 Å². The minimum absolute atomic E-state index is 0.132. The Morgan fingerprint density at radius 3 is 2.93 bits per heavy atom. The predicted octanol–water partition coefficient (Wildman–Crippen LogP) is 2.16. The van der Waals surface area contributed by atoms with Crippen molar-refractivity contribution < 1.29 is 14.4 Å². The molecule has 0 atom stereocenters. The van der Waals surface area contributed by atoms with E-state index >= 15 is 0 Å². The Hall–Kier alpha value is -2.38. The third kappa shape index (κ3) is 7.51. The largest absolute Gasteiger partial charge is 0.384 e. The molecule has 0 bridgehead atoms. The first-order chi connectivity index (χ1) is 14.2. The molecule has 0 radical (unpaired) electrons. The maximum Gasteiger partial charge on any atom is 0.260 e. The fourth-order valence-corrected chi connectivity index (χ4v) is 3.60. The van der Waals surface area contributed by atoms with Crippen LogP contribution in [0, 0.1) is 0 Å². The van der Waals surface area contributed by atoms with Gasteiger partial charge in [-0.05, 0) is 43.7 Å². The highest BCUT2D eigenvalue weighted by atomic mass is 16.6. The highest BCUT2D eigenvalue weighted by molar-refractivity contribution is 5.97. The normalized spacial score (nSPS) is 18.2. The highest BCUT2D eigenvalue weighted by Gasteiger charge is 2.11. The van der Waals surface area contributed by atoms with Gasteiger partial charge in [0, 0.05) is 31.7 Å². The molecule has 158 valence electrons. The average molecular weight is 401 g/mol. The Morgan fingerprint density at radius 2 is 2.14 bits per heavy atom. The number of ether oxygens (including phenoxy) is 1. The molecule has 7 heteroatoms. The van der Waals surface area contributed by atoms with E-state index in [0.29, 0.717) is 6.54 Å². The number of benzene rings is 1. The second-order valence-corrected chi connectivity index (χ2v) is 7.55. The molecule has 7 nitrogen and oxygen atoms in total. The molecular weight excluding hydrogens is 368 g/mol. The van der Waals surface area contributed by atoms with Crippen molar-refractivity contribution in [2.24, 2.45) is 10.9 Å². The van der Waals surface area contributed by atoms with Crippen LogP contribution in [0.2, 0.25) is 0 Å². The minimum Gasteiger partial charge on any atom is -0.384 e. The van der Waals surface area contributed by atoms with Crippen LogP contribution in [0.4, 0.5) is 0 Å². The summed E-state index contributed by atoms with van der Waals surface area (Å²) in [4.78, 5) is 19.4. The van der Waals surface area contributed by atoms with Gasteiger partial charge in [-0.1, -0.05) is 35.0 Å². The van der Waals surface area contributed by atoms with Crippen molar-refractivity contribution >= 4 is 11.7 Å². The standard InChI is InChI=1S/C22H32N4O3/c23-22(20-8-4-7-19(15-20)16-26-11-13-28-14-12-26)25-29-17-21(27)24-10-9-18-5-2-1-3-6-18/h4-5,7-8,15H,1-3,6,9-14,16-17H2,(H2,23,25)(H,24,27). The first kappa shape index (κ1) is 21.3. The summed E-state index contributed by atoms with van der Waals surface area (Å²) in [5, 5.41) is 6.78. The molecule has 1 aliphatic heterocycles. The van der Waals surface area contributed by atoms with Crippen LogP contribution in [0.25, 0.3) is 0 Å². The quantitative estimate of drug-likeness (QED) is 0.287. The summed E-state index contributed by atoms with van der Waals surface area (Å²) in [5.74, 6) is 0.0908. The fraction of sp³-hybridized carbons (Fsp3) is 0.545. The Morgan fingerprint density at radius 1 is 1.28 bits per heavy atom. The van der Waals surface area contributed by atoms with Gasteiger partial charge in [-0.15, -0.1) is 0 Å². The summed E-state index contributed by atoms with van der Waals surface area (Å²) >= 11 is 0. The number of nitrogens with zero attached hydrogens (tertiary/aromatic N) is 2. The number of nitrogens with one attached hydrogen (secondary N) is 1. The zero-order chi connectivity index (χ0) is 20.3. The molecule has 3 rings (SSSR count). The zero-order valence-corrected chi connectivity index (χ0v) is 17.1. The second-order valence-electron chi connectivity index (χ2n) is 7.55. The van der Waals surface area contributed by atoms with Gasteiger partial charge >= 0.3 is 0 Å². The van der Waals surface area contributed by atoms with Gasteiger partial charge in [0.2, 0.25) is 0 Å². The lowest BCUT2D eigenvalue weighted by atomic mass is 9.97. The molecule has 0 aromatic heterocycles. The van der Waals surface area contributed by atoms with Crippen molar-refractivity contribution in [2.45, 2.75) is 38.6 Å². The van der Waals surface area contributed by atoms with Gasteiger partial charge in [-0.3, -0.25) is 9.69 Å². The molecule has 29 heavy (non-hydrogen) atoms. The van der Waals surface area contributed by atoms with Crippen LogP contribution < -0.4 is 11.1 Å². The van der Waals surface area contributed by atoms with E-state index in [1.807, 2.05) is 18.2 Å². The Labute approximate surface area is 172 Å². The number of hydrogen-bond acceptors (Lipinski definition) is 5. The number of nitrogens with two attached hydrogens (primary N) is 1. The lowest BCUT2D eigenvalue weighted by molar-refractivity contribution is -0.125. The van der Waals surface area contributed by atoms with Gasteiger partial charge in [0.05, 0.1) is 13.2 Å². The Kier molecular flexibility index (Phi) is 8.52. The number of allylic oxidation sites excluding steroid dienone is 1. The lowest BCUT2D eigenvalue weighted by Gasteiger charge is -2.26. The number of carbonyl (C=O) groups excluding carboxylic acids is 1. The SMILES string of the molecule is N/C(=N\OCC(=O)NCCC1=CCCCC1)c1cccc(CN2CCOCC2)c1. The van der Waals surface area contributed by atoms with Gasteiger partial charge < -0.3 is 20.6 Å². The molecule has 2 aliphatic rings. The van der Waals surface area contributed by atoms with E-state index in [1.54, 1.807) is 0 Å². The maximum atomic E-state index is 11.9. The molecule has 1 saturated heterocycles. The molecule has 1 amide bonds. The van der Waals surface area contributed by atoms with Crippen LogP contribution in [0.1, 0.15) is 43.2 Å². The first-order valence-corrected chi connectivity index (χ1v) is 10.5. The molecule has 1 fully saturated rings. The molecule has 0 saturated carbocycles. The number of carbonyl (C=O) groups is 1. The van der Waals surface area contributed by atoms with Crippen molar-refractivity contribution in [2.75, 3.05) is 39.5 Å². The number of amides is 1. The van der Waals surface area contributed by atoms with Gasteiger partial charge in [-0.2, -0.15) is 0 Å². The third-order valence-corrected chi connectivity index (χ3v) is 5.24. The lowest BCUT2D eigenvalue weighted by Crippen LogP contribution is -2.35. The van der Waals surface area contributed by atoms with E-state index in [0.717, 1.165) is 63.2 Å².